The Labute approximate surface area is 122 Å². The SMILES string of the molecule is Nc1cc(N)nc(Sc2nc(Cl)c(Cl)cc2Cl)n1. The van der Waals surface area contributed by atoms with Crippen LogP contribution in [0, 0.1) is 0 Å². The van der Waals surface area contributed by atoms with Crippen molar-refractivity contribution in [3.05, 3.63) is 27.3 Å². The zero-order valence-corrected chi connectivity index (χ0v) is 11.8. The van der Waals surface area contributed by atoms with Crippen molar-refractivity contribution in [2.24, 2.45) is 0 Å². The van der Waals surface area contributed by atoms with E-state index in [4.69, 9.17) is 46.3 Å². The zero-order valence-electron chi connectivity index (χ0n) is 8.69. The van der Waals surface area contributed by atoms with Gasteiger partial charge < -0.3 is 11.5 Å². The van der Waals surface area contributed by atoms with Gasteiger partial charge in [0.05, 0.1) is 10.0 Å². The second-order valence-electron chi connectivity index (χ2n) is 3.15. The van der Waals surface area contributed by atoms with Crippen molar-refractivity contribution < 1.29 is 0 Å². The summed E-state index contributed by atoms with van der Waals surface area (Å²) in [5, 5.41) is 1.54. The highest BCUT2D eigenvalue weighted by atomic mass is 35.5. The Morgan fingerprint density at radius 3 is 2.11 bits per heavy atom. The first-order chi connectivity index (χ1) is 8.45. The van der Waals surface area contributed by atoms with E-state index in [-0.39, 0.29) is 21.8 Å². The molecule has 18 heavy (non-hydrogen) atoms. The summed E-state index contributed by atoms with van der Waals surface area (Å²) in [7, 11) is 0. The third-order valence-corrected chi connectivity index (χ3v) is 3.73. The van der Waals surface area contributed by atoms with E-state index in [0.717, 1.165) is 11.8 Å². The summed E-state index contributed by atoms with van der Waals surface area (Å²) in [5.41, 5.74) is 11.1. The van der Waals surface area contributed by atoms with Crippen LogP contribution in [0.5, 0.6) is 0 Å². The number of aromatic nitrogens is 3. The predicted molar refractivity (Wildman–Crippen MR) is 74.2 cm³/mol. The minimum atomic E-state index is 0.153. The molecule has 2 aromatic heterocycles. The van der Waals surface area contributed by atoms with Crippen LogP contribution in [0.4, 0.5) is 11.6 Å². The fraction of sp³-hybridized carbons (Fsp3) is 0. The largest absolute Gasteiger partial charge is 0.383 e. The first-order valence-corrected chi connectivity index (χ1v) is 6.50. The fourth-order valence-corrected chi connectivity index (χ4v) is 2.53. The molecule has 5 nitrogen and oxygen atoms in total. The molecule has 0 radical (unpaired) electrons. The zero-order chi connectivity index (χ0) is 13.3. The molecule has 0 aliphatic heterocycles. The van der Waals surface area contributed by atoms with Gasteiger partial charge in [0.15, 0.2) is 5.16 Å². The highest BCUT2D eigenvalue weighted by Gasteiger charge is 2.11. The van der Waals surface area contributed by atoms with Crippen molar-refractivity contribution >= 4 is 58.2 Å². The maximum absolute atomic E-state index is 5.99. The molecule has 2 heterocycles. The van der Waals surface area contributed by atoms with Crippen molar-refractivity contribution in [1.29, 1.82) is 0 Å². The van der Waals surface area contributed by atoms with Crippen molar-refractivity contribution in [2.45, 2.75) is 10.2 Å². The van der Waals surface area contributed by atoms with E-state index < -0.39 is 0 Å². The van der Waals surface area contributed by atoms with E-state index in [2.05, 4.69) is 15.0 Å². The van der Waals surface area contributed by atoms with E-state index >= 15 is 0 Å². The number of nitrogen functional groups attached to an aromatic ring is 2. The summed E-state index contributed by atoms with van der Waals surface area (Å²) < 4.78 is 0. The predicted octanol–water partition coefficient (Wildman–Crippen LogP) is 3.15. The lowest BCUT2D eigenvalue weighted by Crippen LogP contribution is -1.99. The molecular weight excluding hydrogens is 317 g/mol. The van der Waals surface area contributed by atoms with Crippen LogP contribution in [-0.2, 0) is 0 Å². The van der Waals surface area contributed by atoms with Crippen LogP contribution in [0.25, 0.3) is 0 Å². The summed E-state index contributed by atoms with van der Waals surface area (Å²) in [4.78, 5) is 12.0. The minimum absolute atomic E-state index is 0.153. The maximum Gasteiger partial charge on any atom is 0.197 e. The van der Waals surface area contributed by atoms with Gasteiger partial charge in [0.25, 0.3) is 0 Å². The number of rotatable bonds is 2. The van der Waals surface area contributed by atoms with Gasteiger partial charge in [-0.2, -0.15) is 0 Å². The highest BCUT2D eigenvalue weighted by Crippen LogP contribution is 2.34. The number of pyridine rings is 1. The first-order valence-electron chi connectivity index (χ1n) is 4.55. The lowest BCUT2D eigenvalue weighted by molar-refractivity contribution is 0.977. The van der Waals surface area contributed by atoms with Crippen LogP contribution in [-0.4, -0.2) is 15.0 Å². The van der Waals surface area contributed by atoms with Crippen LogP contribution in [0.3, 0.4) is 0 Å². The molecule has 2 rings (SSSR count). The molecule has 2 aromatic rings. The monoisotopic (exact) mass is 321 g/mol. The Balaban J connectivity index is 2.36. The van der Waals surface area contributed by atoms with E-state index in [1.807, 2.05) is 0 Å². The van der Waals surface area contributed by atoms with Crippen molar-refractivity contribution in [1.82, 2.24) is 15.0 Å². The van der Waals surface area contributed by atoms with Gasteiger partial charge in [-0.05, 0) is 17.8 Å². The van der Waals surface area contributed by atoms with Crippen LogP contribution in [0.1, 0.15) is 0 Å². The van der Waals surface area contributed by atoms with E-state index in [9.17, 15) is 0 Å². The Hall–Kier alpha value is -0.950. The third-order valence-electron chi connectivity index (χ3n) is 1.79. The molecule has 0 saturated heterocycles. The van der Waals surface area contributed by atoms with E-state index in [0.29, 0.717) is 15.2 Å². The molecule has 94 valence electrons. The van der Waals surface area contributed by atoms with Crippen molar-refractivity contribution in [3.63, 3.8) is 0 Å². The molecule has 0 amide bonds. The number of halogens is 3. The Bertz CT molecular complexity index is 587. The molecule has 0 aliphatic carbocycles. The molecule has 0 unspecified atom stereocenters. The van der Waals surface area contributed by atoms with Crippen molar-refractivity contribution in [2.75, 3.05) is 11.5 Å². The lowest BCUT2D eigenvalue weighted by Gasteiger charge is -2.05. The van der Waals surface area contributed by atoms with Gasteiger partial charge in [-0.3, -0.25) is 0 Å². The molecule has 0 saturated carbocycles. The van der Waals surface area contributed by atoms with Crippen LogP contribution in [0.2, 0.25) is 15.2 Å². The Morgan fingerprint density at radius 2 is 1.50 bits per heavy atom. The van der Waals surface area contributed by atoms with Gasteiger partial charge in [0, 0.05) is 6.07 Å². The molecule has 0 spiro atoms. The number of anilines is 2. The summed E-state index contributed by atoms with van der Waals surface area (Å²) in [6.07, 6.45) is 0. The third kappa shape index (κ3) is 3.08. The summed E-state index contributed by atoms with van der Waals surface area (Å²) in [5.74, 6) is 0.530. The molecule has 0 aromatic carbocycles. The quantitative estimate of drug-likeness (QED) is 0.652. The van der Waals surface area contributed by atoms with Gasteiger partial charge in [-0.1, -0.05) is 34.8 Å². The van der Waals surface area contributed by atoms with Gasteiger partial charge in [-0.15, -0.1) is 0 Å². The number of nitrogens with zero attached hydrogens (tertiary/aromatic N) is 3. The molecule has 4 N–H and O–H groups in total. The van der Waals surface area contributed by atoms with Gasteiger partial charge >= 0.3 is 0 Å². The Kier molecular flexibility index (Phi) is 4.01. The summed E-state index contributed by atoms with van der Waals surface area (Å²) >= 11 is 18.7. The van der Waals surface area contributed by atoms with E-state index in [1.165, 1.54) is 12.1 Å². The van der Waals surface area contributed by atoms with E-state index in [1.54, 1.807) is 0 Å². The molecule has 0 aliphatic rings. The van der Waals surface area contributed by atoms with Crippen LogP contribution in [0.15, 0.2) is 22.3 Å². The second-order valence-corrected chi connectivity index (χ2v) is 5.28. The standard InChI is InChI=1S/C9H6Cl3N5S/c10-3-1-4(11)8(17-7(3)12)18-9-15-5(13)2-6(14)16-9/h1-2H,(H4,13,14,15,16). The summed E-state index contributed by atoms with van der Waals surface area (Å²) in [6.45, 7) is 0. The summed E-state index contributed by atoms with van der Waals surface area (Å²) in [6, 6.07) is 2.95. The average molecular weight is 323 g/mol. The van der Waals surface area contributed by atoms with Crippen LogP contribution >= 0.6 is 46.6 Å². The van der Waals surface area contributed by atoms with Crippen LogP contribution < -0.4 is 11.5 Å². The second kappa shape index (κ2) is 5.36. The molecular formula is C9H6Cl3N5S. The highest BCUT2D eigenvalue weighted by molar-refractivity contribution is 7.99. The van der Waals surface area contributed by atoms with Gasteiger partial charge in [-0.25, -0.2) is 15.0 Å². The number of nitrogens with two attached hydrogens (primary N) is 2. The molecule has 0 fully saturated rings. The normalized spacial score (nSPS) is 10.6. The van der Waals surface area contributed by atoms with Crippen molar-refractivity contribution in [3.8, 4) is 0 Å². The lowest BCUT2D eigenvalue weighted by atomic mass is 10.5. The topological polar surface area (TPSA) is 90.7 Å². The first kappa shape index (κ1) is 13.5. The maximum atomic E-state index is 5.99. The van der Waals surface area contributed by atoms with Gasteiger partial charge in [0.2, 0.25) is 0 Å². The number of hydrogen-bond acceptors (Lipinski definition) is 6. The van der Waals surface area contributed by atoms with Gasteiger partial charge in [0.1, 0.15) is 21.8 Å². The molecule has 0 bridgehead atoms. The average Bonchev–Trinajstić information content (AvgIpc) is 2.24. The molecule has 0 atom stereocenters. The minimum Gasteiger partial charge on any atom is -0.383 e. The Morgan fingerprint density at radius 1 is 0.889 bits per heavy atom. The fourth-order valence-electron chi connectivity index (χ4n) is 1.09. The molecule has 9 heteroatoms. The smallest absolute Gasteiger partial charge is 0.197 e. The number of hydrogen-bond donors (Lipinski definition) is 2.